The molecule has 5 heteroatoms. The zero-order chi connectivity index (χ0) is 19.6. The van der Waals surface area contributed by atoms with E-state index in [-0.39, 0.29) is 5.91 Å². The van der Waals surface area contributed by atoms with Crippen molar-refractivity contribution in [2.75, 3.05) is 18.5 Å². The maximum Gasteiger partial charge on any atom is 0.270 e. The van der Waals surface area contributed by atoms with Crippen LogP contribution in [-0.4, -0.2) is 29.6 Å². The van der Waals surface area contributed by atoms with Crippen LogP contribution in [0.3, 0.4) is 0 Å². The highest BCUT2D eigenvalue weighted by molar-refractivity contribution is 7.09. The number of benzene rings is 1. The number of carbonyl (C=O) groups is 1. The topological polar surface area (TPSA) is 44.7 Å². The molecule has 0 aliphatic heterocycles. The van der Waals surface area contributed by atoms with Gasteiger partial charge < -0.3 is 4.90 Å². The summed E-state index contributed by atoms with van der Waals surface area (Å²) in [6, 6.07) is 10.1. The van der Waals surface area contributed by atoms with Gasteiger partial charge in [-0.25, -0.2) is 0 Å². The Bertz CT molecular complexity index is 799. The van der Waals surface area contributed by atoms with E-state index in [1.807, 2.05) is 29.6 Å². The standard InChI is InChI=1S/C22H27N3OS/c1-5-13-25(14-6-2)22(26)21(12-11-20-8-7-15-27-20)24-23-19-10-9-17(3)18(4)16-19/h5-10,15-16,23H,1-2,11-14H2,3-4H3/b24-21-. The van der Waals surface area contributed by atoms with Crippen LogP contribution in [0, 0.1) is 13.8 Å². The Labute approximate surface area is 165 Å². The third-order valence-electron chi connectivity index (χ3n) is 4.25. The molecule has 0 spiro atoms. The van der Waals surface area contributed by atoms with Gasteiger partial charge in [-0.1, -0.05) is 24.3 Å². The summed E-state index contributed by atoms with van der Waals surface area (Å²) in [5, 5.41) is 6.51. The molecule has 2 rings (SSSR count). The molecular formula is C22H27N3OS. The zero-order valence-corrected chi connectivity index (χ0v) is 16.9. The van der Waals surface area contributed by atoms with Gasteiger partial charge in [0.2, 0.25) is 0 Å². The van der Waals surface area contributed by atoms with E-state index in [4.69, 9.17) is 0 Å². The summed E-state index contributed by atoms with van der Waals surface area (Å²) in [6.45, 7) is 12.5. The van der Waals surface area contributed by atoms with E-state index in [9.17, 15) is 4.79 Å². The van der Waals surface area contributed by atoms with E-state index in [1.54, 1.807) is 28.4 Å². The molecule has 27 heavy (non-hydrogen) atoms. The largest absolute Gasteiger partial charge is 0.330 e. The normalized spacial score (nSPS) is 11.1. The van der Waals surface area contributed by atoms with Crippen molar-refractivity contribution >= 4 is 28.6 Å². The third kappa shape index (κ3) is 6.22. The number of anilines is 1. The number of rotatable bonds is 10. The summed E-state index contributed by atoms with van der Waals surface area (Å²) < 4.78 is 0. The van der Waals surface area contributed by atoms with Crippen LogP contribution in [-0.2, 0) is 11.2 Å². The minimum atomic E-state index is -0.0947. The molecular weight excluding hydrogens is 354 g/mol. The number of hydrogen-bond donors (Lipinski definition) is 1. The monoisotopic (exact) mass is 381 g/mol. The van der Waals surface area contributed by atoms with Gasteiger partial charge in [0.25, 0.3) is 5.91 Å². The molecule has 1 heterocycles. The lowest BCUT2D eigenvalue weighted by molar-refractivity contribution is -0.123. The quantitative estimate of drug-likeness (QED) is 0.359. The Balaban J connectivity index is 2.20. The van der Waals surface area contributed by atoms with Crippen LogP contribution in [0.5, 0.6) is 0 Å². The minimum Gasteiger partial charge on any atom is -0.330 e. The molecule has 0 atom stereocenters. The maximum atomic E-state index is 13.0. The lowest BCUT2D eigenvalue weighted by Gasteiger charge is -2.20. The van der Waals surface area contributed by atoms with Crippen molar-refractivity contribution in [1.29, 1.82) is 0 Å². The molecule has 1 N–H and O–H groups in total. The maximum absolute atomic E-state index is 13.0. The number of nitrogens with one attached hydrogen (secondary N) is 1. The zero-order valence-electron chi connectivity index (χ0n) is 16.1. The average Bonchev–Trinajstić information content (AvgIpc) is 3.17. The number of hydrazone groups is 1. The predicted octanol–water partition coefficient (Wildman–Crippen LogP) is 4.97. The first-order chi connectivity index (χ1) is 13.0. The predicted molar refractivity (Wildman–Crippen MR) is 117 cm³/mol. The van der Waals surface area contributed by atoms with E-state index in [0.717, 1.165) is 12.1 Å². The fraction of sp³-hybridized carbons (Fsp3) is 0.273. The first-order valence-corrected chi connectivity index (χ1v) is 9.86. The number of thiophene rings is 1. The molecule has 0 aliphatic carbocycles. The fourth-order valence-corrected chi connectivity index (χ4v) is 3.29. The van der Waals surface area contributed by atoms with Crippen LogP contribution in [0.1, 0.15) is 22.4 Å². The molecule has 0 radical (unpaired) electrons. The number of carbonyl (C=O) groups excluding carboxylic acids is 1. The van der Waals surface area contributed by atoms with Gasteiger partial charge in [-0.15, -0.1) is 24.5 Å². The Kier molecular flexibility index (Phi) is 8.01. The molecule has 0 unspecified atom stereocenters. The number of nitrogens with zero attached hydrogens (tertiary/aromatic N) is 2. The molecule has 0 saturated heterocycles. The second-order valence-electron chi connectivity index (χ2n) is 6.34. The lowest BCUT2D eigenvalue weighted by Crippen LogP contribution is -2.37. The minimum absolute atomic E-state index is 0.0947. The van der Waals surface area contributed by atoms with Gasteiger partial charge >= 0.3 is 0 Å². The van der Waals surface area contributed by atoms with Gasteiger partial charge in [-0.3, -0.25) is 10.2 Å². The first-order valence-electron chi connectivity index (χ1n) is 8.98. The summed E-state index contributed by atoms with van der Waals surface area (Å²) in [5.74, 6) is -0.0947. The van der Waals surface area contributed by atoms with E-state index < -0.39 is 0 Å². The Hall–Kier alpha value is -2.66. The van der Waals surface area contributed by atoms with Gasteiger partial charge in [0, 0.05) is 24.4 Å². The second-order valence-corrected chi connectivity index (χ2v) is 7.37. The SMILES string of the molecule is C=CCN(CC=C)C(=O)/C(CCc1cccs1)=N\Nc1ccc(C)c(C)c1. The highest BCUT2D eigenvalue weighted by atomic mass is 32.1. The van der Waals surface area contributed by atoms with E-state index >= 15 is 0 Å². The molecule has 0 bridgehead atoms. The van der Waals surface area contributed by atoms with Crippen molar-refractivity contribution in [1.82, 2.24) is 4.90 Å². The molecule has 0 saturated carbocycles. The van der Waals surface area contributed by atoms with Gasteiger partial charge in [-0.05, 0) is 55.0 Å². The molecule has 0 aliphatic rings. The van der Waals surface area contributed by atoms with Crippen molar-refractivity contribution in [3.63, 3.8) is 0 Å². The molecule has 142 valence electrons. The summed E-state index contributed by atoms with van der Waals surface area (Å²) >= 11 is 1.69. The van der Waals surface area contributed by atoms with E-state index in [1.165, 1.54) is 16.0 Å². The van der Waals surface area contributed by atoms with Crippen molar-refractivity contribution in [2.45, 2.75) is 26.7 Å². The molecule has 0 fully saturated rings. The average molecular weight is 382 g/mol. The Morgan fingerprint density at radius 3 is 2.52 bits per heavy atom. The van der Waals surface area contributed by atoms with Crippen LogP contribution in [0.2, 0.25) is 0 Å². The van der Waals surface area contributed by atoms with Gasteiger partial charge in [0.05, 0.1) is 5.69 Å². The second kappa shape index (κ2) is 10.5. The summed E-state index contributed by atoms with van der Waals surface area (Å²) in [5.41, 5.74) is 6.84. The van der Waals surface area contributed by atoms with Gasteiger partial charge in [-0.2, -0.15) is 5.10 Å². The number of amides is 1. The highest BCUT2D eigenvalue weighted by Crippen LogP contribution is 2.15. The lowest BCUT2D eigenvalue weighted by atomic mass is 10.1. The Morgan fingerprint density at radius 2 is 1.93 bits per heavy atom. The smallest absolute Gasteiger partial charge is 0.270 e. The number of hydrogen-bond acceptors (Lipinski definition) is 4. The molecule has 2 aromatic rings. The summed E-state index contributed by atoms with van der Waals surface area (Å²) in [6.07, 6.45) is 4.79. The first kappa shape index (κ1) is 20.6. The van der Waals surface area contributed by atoms with E-state index in [2.05, 4.69) is 43.6 Å². The van der Waals surface area contributed by atoms with Crippen LogP contribution in [0.15, 0.2) is 66.1 Å². The van der Waals surface area contributed by atoms with Crippen LogP contribution in [0.25, 0.3) is 0 Å². The van der Waals surface area contributed by atoms with E-state index in [0.29, 0.717) is 25.2 Å². The number of aryl methyl sites for hydroxylation is 3. The van der Waals surface area contributed by atoms with Crippen LogP contribution >= 0.6 is 11.3 Å². The third-order valence-corrected chi connectivity index (χ3v) is 5.18. The van der Waals surface area contributed by atoms with Crippen LogP contribution in [0.4, 0.5) is 5.69 Å². The summed E-state index contributed by atoms with van der Waals surface area (Å²) in [7, 11) is 0. The molecule has 1 aromatic heterocycles. The van der Waals surface area contributed by atoms with Crippen LogP contribution < -0.4 is 5.43 Å². The Morgan fingerprint density at radius 1 is 1.19 bits per heavy atom. The molecule has 1 amide bonds. The molecule has 4 nitrogen and oxygen atoms in total. The molecule has 1 aromatic carbocycles. The highest BCUT2D eigenvalue weighted by Gasteiger charge is 2.18. The van der Waals surface area contributed by atoms with Crippen molar-refractivity contribution in [2.24, 2.45) is 5.10 Å². The van der Waals surface area contributed by atoms with Gasteiger partial charge in [0.15, 0.2) is 0 Å². The van der Waals surface area contributed by atoms with Crippen molar-refractivity contribution in [3.8, 4) is 0 Å². The van der Waals surface area contributed by atoms with Crippen molar-refractivity contribution in [3.05, 3.63) is 77.0 Å². The fourth-order valence-electron chi connectivity index (χ4n) is 2.58. The van der Waals surface area contributed by atoms with Gasteiger partial charge in [0.1, 0.15) is 5.71 Å². The van der Waals surface area contributed by atoms with Crippen molar-refractivity contribution < 1.29 is 4.79 Å². The summed E-state index contributed by atoms with van der Waals surface area (Å²) in [4.78, 5) is 15.9.